The number of hydrogen-bond acceptors (Lipinski definition) is 4. The Hall–Kier alpha value is -7.90. The van der Waals surface area contributed by atoms with E-state index in [1.54, 1.807) is 0 Å². The van der Waals surface area contributed by atoms with Crippen LogP contribution in [0.4, 0.5) is 0 Å². The van der Waals surface area contributed by atoms with E-state index in [0.717, 1.165) is 77.2 Å². The van der Waals surface area contributed by atoms with Crippen molar-refractivity contribution < 1.29 is 0 Å². The van der Waals surface area contributed by atoms with Gasteiger partial charge in [-0.2, -0.15) is 21.0 Å². The van der Waals surface area contributed by atoms with Crippen molar-refractivity contribution in [1.82, 2.24) is 9.13 Å². The van der Waals surface area contributed by atoms with Crippen molar-refractivity contribution in [2.75, 3.05) is 0 Å². The van der Waals surface area contributed by atoms with Crippen LogP contribution < -0.4 is 0 Å². The van der Waals surface area contributed by atoms with Crippen LogP contribution >= 0.6 is 0 Å². The fourth-order valence-corrected chi connectivity index (χ4v) is 7.55. The van der Waals surface area contributed by atoms with Gasteiger partial charge in [-0.3, -0.25) is 0 Å². The quantitative estimate of drug-likeness (QED) is 0.187. The summed E-state index contributed by atoms with van der Waals surface area (Å²) in [4.78, 5) is 0. The predicted octanol–water partition coefficient (Wildman–Crippen LogP) is 10.7. The van der Waals surface area contributed by atoms with Crippen LogP contribution in [-0.4, -0.2) is 9.13 Å². The molecule has 2 aromatic heterocycles. The summed E-state index contributed by atoms with van der Waals surface area (Å²) in [6, 6.07) is 56.6. The molecule has 9 aromatic rings. The van der Waals surface area contributed by atoms with Gasteiger partial charge in [-0.1, -0.05) is 78.9 Å². The zero-order chi connectivity index (χ0) is 35.3. The van der Waals surface area contributed by atoms with Crippen molar-refractivity contribution >= 4 is 43.6 Å². The highest BCUT2D eigenvalue weighted by Gasteiger charge is 2.20. The Morgan fingerprint density at radius 2 is 0.962 bits per heavy atom. The second-order valence-electron chi connectivity index (χ2n) is 12.6. The topological polar surface area (TPSA) is 105 Å². The fourth-order valence-electron chi connectivity index (χ4n) is 7.55. The summed E-state index contributed by atoms with van der Waals surface area (Å²) in [6.07, 6.45) is 0. The third-order valence-electron chi connectivity index (χ3n) is 9.87. The molecular weight excluding hydrogens is 637 g/mol. The Balaban J connectivity index is 1.21. The lowest BCUT2D eigenvalue weighted by Gasteiger charge is -2.16. The minimum atomic E-state index is 0.513. The SMILES string of the molecule is N#Cc1ccc2c(c1)c1ccccc1n2-c1ccc(C#N)c(-c2ccc(-c3cccc(C#N)c3-n3c4ccccc4c4ccc(C#N)cc43)cc2)c1. The number of fused-ring (bicyclic) bond motifs is 6. The molecule has 52 heavy (non-hydrogen) atoms. The van der Waals surface area contributed by atoms with E-state index in [2.05, 4.69) is 51.6 Å². The highest BCUT2D eigenvalue weighted by Crippen LogP contribution is 2.40. The summed E-state index contributed by atoms with van der Waals surface area (Å²) in [5.74, 6) is 0. The summed E-state index contributed by atoms with van der Waals surface area (Å²) in [5.41, 5.74) is 11.1. The van der Waals surface area contributed by atoms with Gasteiger partial charge in [0.1, 0.15) is 6.07 Å². The number of aromatic nitrogens is 2. The van der Waals surface area contributed by atoms with Gasteiger partial charge in [-0.25, -0.2) is 0 Å². The molecule has 0 aliphatic carbocycles. The molecule has 0 saturated heterocycles. The Kier molecular flexibility index (Phi) is 6.91. The van der Waals surface area contributed by atoms with E-state index < -0.39 is 0 Å². The monoisotopic (exact) mass is 660 g/mol. The molecule has 238 valence electrons. The first-order valence-corrected chi connectivity index (χ1v) is 16.7. The van der Waals surface area contributed by atoms with Crippen molar-refractivity contribution in [2.24, 2.45) is 0 Å². The lowest BCUT2D eigenvalue weighted by molar-refractivity contribution is 1.17. The minimum Gasteiger partial charge on any atom is -0.309 e. The van der Waals surface area contributed by atoms with E-state index in [0.29, 0.717) is 22.3 Å². The number of hydrogen-bond donors (Lipinski definition) is 0. The number of nitriles is 4. The van der Waals surface area contributed by atoms with Crippen LogP contribution in [0, 0.1) is 45.3 Å². The molecule has 6 heteroatoms. The first-order chi connectivity index (χ1) is 25.6. The van der Waals surface area contributed by atoms with Gasteiger partial charge in [0.05, 0.1) is 68.2 Å². The third-order valence-corrected chi connectivity index (χ3v) is 9.87. The van der Waals surface area contributed by atoms with Crippen LogP contribution in [0.2, 0.25) is 0 Å². The molecule has 0 fully saturated rings. The second-order valence-corrected chi connectivity index (χ2v) is 12.6. The van der Waals surface area contributed by atoms with Crippen molar-refractivity contribution in [3.8, 4) is 57.9 Å². The molecule has 0 amide bonds. The summed E-state index contributed by atoms with van der Waals surface area (Å²) < 4.78 is 4.27. The molecule has 0 spiro atoms. The van der Waals surface area contributed by atoms with E-state index in [9.17, 15) is 21.0 Å². The van der Waals surface area contributed by atoms with Gasteiger partial charge in [0.15, 0.2) is 0 Å². The van der Waals surface area contributed by atoms with E-state index in [1.165, 1.54) is 0 Å². The average Bonchev–Trinajstić information content (AvgIpc) is 3.72. The largest absolute Gasteiger partial charge is 0.309 e. The molecule has 0 atom stereocenters. The maximum absolute atomic E-state index is 10.4. The maximum atomic E-state index is 10.4. The van der Waals surface area contributed by atoms with Crippen LogP contribution in [-0.2, 0) is 0 Å². The van der Waals surface area contributed by atoms with Gasteiger partial charge in [-0.05, 0) is 77.9 Å². The van der Waals surface area contributed by atoms with Crippen molar-refractivity contribution in [1.29, 1.82) is 21.0 Å². The van der Waals surface area contributed by atoms with Crippen LogP contribution in [0.25, 0.3) is 77.2 Å². The van der Waals surface area contributed by atoms with Crippen LogP contribution in [0.15, 0.2) is 146 Å². The molecule has 0 saturated carbocycles. The van der Waals surface area contributed by atoms with E-state index in [1.807, 2.05) is 127 Å². The van der Waals surface area contributed by atoms with E-state index >= 15 is 0 Å². The normalized spacial score (nSPS) is 11.0. The molecular formula is C46H24N6. The lowest BCUT2D eigenvalue weighted by atomic mass is 9.95. The molecule has 6 nitrogen and oxygen atoms in total. The van der Waals surface area contributed by atoms with Crippen LogP contribution in [0.5, 0.6) is 0 Å². The lowest BCUT2D eigenvalue weighted by Crippen LogP contribution is -2.01. The first-order valence-electron chi connectivity index (χ1n) is 16.7. The minimum absolute atomic E-state index is 0.513. The smallest absolute Gasteiger partial charge is 0.101 e. The van der Waals surface area contributed by atoms with E-state index in [-0.39, 0.29) is 0 Å². The summed E-state index contributed by atoms with van der Waals surface area (Å²) >= 11 is 0. The third kappa shape index (κ3) is 4.54. The molecule has 7 aromatic carbocycles. The van der Waals surface area contributed by atoms with Gasteiger partial charge in [0, 0.05) is 38.4 Å². The number of para-hydroxylation sites is 3. The molecule has 0 aliphatic rings. The standard InChI is InChI=1S/C46H24N6/c47-25-29-13-21-44-41(22-29)38-8-2-3-10-42(38)51(44)35-19-18-33(27-49)40(24-35)32-16-14-31(15-17-32)36-9-5-6-34(28-50)46(36)52-43-11-4-1-7-37(43)39-20-12-30(26-48)23-45(39)52/h1-24H. The van der Waals surface area contributed by atoms with Crippen molar-refractivity contribution in [3.63, 3.8) is 0 Å². The molecule has 0 unspecified atom stereocenters. The van der Waals surface area contributed by atoms with Crippen molar-refractivity contribution in [3.05, 3.63) is 168 Å². The number of rotatable bonds is 4. The zero-order valence-electron chi connectivity index (χ0n) is 27.5. The fraction of sp³-hybridized carbons (Fsp3) is 0. The first kappa shape index (κ1) is 30.2. The van der Waals surface area contributed by atoms with E-state index in [4.69, 9.17) is 0 Å². The van der Waals surface area contributed by atoms with Crippen LogP contribution in [0.1, 0.15) is 22.3 Å². The van der Waals surface area contributed by atoms with Gasteiger partial charge >= 0.3 is 0 Å². The van der Waals surface area contributed by atoms with Gasteiger partial charge in [0.25, 0.3) is 0 Å². The highest BCUT2D eigenvalue weighted by atomic mass is 15.0. The predicted molar refractivity (Wildman–Crippen MR) is 205 cm³/mol. The van der Waals surface area contributed by atoms with Crippen molar-refractivity contribution in [2.45, 2.75) is 0 Å². The molecule has 0 radical (unpaired) electrons. The average molecular weight is 661 g/mol. The Morgan fingerprint density at radius 1 is 0.365 bits per heavy atom. The molecule has 2 heterocycles. The maximum Gasteiger partial charge on any atom is 0.101 e. The Bertz CT molecular complexity index is 3110. The zero-order valence-corrected chi connectivity index (χ0v) is 27.5. The summed E-state index contributed by atoms with van der Waals surface area (Å²) in [7, 11) is 0. The van der Waals surface area contributed by atoms with Gasteiger partial charge in [-0.15, -0.1) is 0 Å². The number of nitrogens with zero attached hydrogens (tertiary/aromatic N) is 6. The Labute approximate surface area is 298 Å². The summed E-state index contributed by atoms with van der Waals surface area (Å²) in [6.45, 7) is 0. The van der Waals surface area contributed by atoms with Crippen LogP contribution in [0.3, 0.4) is 0 Å². The summed E-state index contributed by atoms with van der Waals surface area (Å²) in [5, 5.41) is 44.0. The molecule has 9 rings (SSSR count). The molecule has 0 aliphatic heterocycles. The molecule has 0 N–H and O–H groups in total. The second kappa shape index (κ2) is 11.9. The number of benzene rings is 7. The van der Waals surface area contributed by atoms with Gasteiger partial charge in [0.2, 0.25) is 0 Å². The Morgan fingerprint density at radius 3 is 1.67 bits per heavy atom. The molecule has 0 bridgehead atoms. The highest BCUT2D eigenvalue weighted by molar-refractivity contribution is 6.11. The van der Waals surface area contributed by atoms with Gasteiger partial charge < -0.3 is 9.13 Å².